The molecule has 0 aliphatic carbocycles. The zero-order valence-corrected chi connectivity index (χ0v) is 37.0. The predicted octanol–water partition coefficient (Wildman–Crippen LogP) is 14.6. The lowest BCUT2D eigenvalue weighted by Gasteiger charge is -2.12. The van der Waals surface area contributed by atoms with Crippen LogP contribution in [0.3, 0.4) is 0 Å². The molecule has 322 valence electrons. The molecule has 8 aromatic carbocycles. The van der Waals surface area contributed by atoms with Crippen LogP contribution < -0.4 is 0 Å². The van der Waals surface area contributed by atoms with Gasteiger partial charge in [-0.1, -0.05) is 133 Å². The predicted molar refractivity (Wildman–Crippen MR) is 280 cm³/mol. The van der Waals surface area contributed by atoms with Gasteiger partial charge in [-0.05, 0) is 78.9 Å². The van der Waals surface area contributed by atoms with Crippen molar-refractivity contribution in [3.05, 3.63) is 231 Å². The minimum Gasteiger partial charge on any atom is -0.309 e. The largest absolute Gasteiger partial charge is 0.309 e. The zero-order valence-electron chi connectivity index (χ0n) is 37.0. The summed E-state index contributed by atoms with van der Waals surface area (Å²) in [6.45, 7) is 0. The van der Waals surface area contributed by atoms with Gasteiger partial charge in [-0.25, -0.2) is 15.0 Å². The zero-order chi connectivity index (χ0) is 45.4. The minimum atomic E-state index is 0.610. The highest BCUT2D eigenvalue weighted by atomic mass is 15.2. The normalized spacial score (nSPS) is 11.8. The molecular formula is C61H38N8. The lowest BCUT2D eigenvalue weighted by atomic mass is 10.1. The van der Waals surface area contributed by atoms with Crippen LogP contribution in [0.15, 0.2) is 231 Å². The standard InChI is InChI=1S/C61H38N8/c1-4-15-39(16-5-1)50-36-51(40-17-6-2-7-18-40)66-61(65-50)69-55-24-13-11-22-46(55)48-33-41(27-30-56(48)69)52-37-62-38-53(64-52)42-26-29-47-45-21-10-12-23-54(45)68(59(47)34-42)44-28-31-57-49(35-44)60-58(25-14-32-63-60)67(57)43-19-8-3-9-20-43/h1-38H. The van der Waals surface area contributed by atoms with Crippen molar-refractivity contribution in [1.82, 2.24) is 38.6 Å². The Morgan fingerprint density at radius 3 is 1.55 bits per heavy atom. The van der Waals surface area contributed by atoms with Crippen molar-refractivity contribution in [1.29, 1.82) is 0 Å². The summed E-state index contributed by atoms with van der Waals surface area (Å²) < 4.78 is 6.85. The first-order valence-corrected chi connectivity index (χ1v) is 23.1. The van der Waals surface area contributed by atoms with E-state index >= 15 is 0 Å². The molecule has 0 atom stereocenters. The summed E-state index contributed by atoms with van der Waals surface area (Å²) in [5, 5.41) is 5.63. The third-order valence-corrected chi connectivity index (χ3v) is 13.4. The molecule has 14 rings (SSSR count). The number of rotatable bonds is 7. The number of para-hydroxylation sites is 3. The molecule has 69 heavy (non-hydrogen) atoms. The Morgan fingerprint density at radius 1 is 0.290 bits per heavy atom. The van der Waals surface area contributed by atoms with E-state index in [4.69, 9.17) is 24.9 Å². The Balaban J connectivity index is 0.890. The first kappa shape index (κ1) is 38.7. The van der Waals surface area contributed by atoms with Crippen LogP contribution in [-0.4, -0.2) is 38.6 Å². The van der Waals surface area contributed by atoms with E-state index in [1.54, 1.807) is 0 Å². The molecule has 0 saturated heterocycles. The number of benzene rings is 8. The van der Waals surface area contributed by atoms with Gasteiger partial charge in [0.15, 0.2) is 0 Å². The van der Waals surface area contributed by atoms with Gasteiger partial charge in [-0.15, -0.1) is 0 Å². The summed E-state index contributed by atoms with van der Waals surface area (Å²) in [4.78, 5) is 25.5. The highest BCUT2D eigenvalue weighted by Gasteiger charge is 2.20. The second-order valence-electron chi connectivity index (χ2n) is 17.4. The molecule has 8 heteroatoms. The highest BCUT2D eigenvalue weighted by molar-refractivity contribution is 6.13. The van der Waals surface area contributed by atoms with E-state index in [9.17, 15) is 0 Å². The fourth-order valence-electron chi connectivity index (χ4n) is 10.3. The summed E-state index contributed by atoms with van der Waals surface area (Å²) in [6.07, 6.45) is 5.59. The summed E-state index contributed by atoms with van der Waals surface area (Å²) in [7, 11) is 0. The Bertz CT molecular complexity index is 4250. The number of fused-ring (bicyclic) bond motifs is 9. The van der Waals surface area contributed by atoms with E-state index in [0.29, 0.717) is 5.95 Å². The maximum absolute atomic E-state index is 5.31. The van der Waals surface area contributed by atoms with Gasteiger partial charge in [0.1, 0.15) is 0 Å². The van der Waals surface area contributed by atoms with Crippen LogP contribution in [0.1, 0.15) is 0 Å². The lowest BCUT2D eigenvalue weighted by Crippen LogP contribution is -2.04. The molecule has 8 nitrogen and oxygen atoms in total. The molecule has 0 N–H and O–H groups in total. The topological polar surface area (TPSA) is 79.2 Å². The van der Waals surface area contributed by atoms with Gasteiger partial charge >= 0.3 is 0 Å². The Kier molecular flexibility index (Phi) is 8.72. The number of nitrogens with zero attached hydrogens (tertiary/aromatic N) is 8. The highest BCUT2D eigenvalue weighted by Crippen LogP contribution is 2.39. The average molecular weight is 883 g/mol. The van der Waals surface area contributed by atoms with Crippen molar-refractivity contribution in [3.8, 4) is 62.4 Å². The van der Waals surface area contributed by atoms with Gasteiger partial charge in [-0.2, -0.15) is 0 Å². The smallest absolute Gasteiger partial charge is 0.235 e. The molecular weight excluding hydrogens is 845 g/mol. The Labute approximate surface area is 395 Å². The van der Waals surface area contributed by atoms with E-state index in [-0.39, 0.29) is 0 Å². The van der Waals surface area contributed by atoms with Gasteiger partial charge < -0.3 is 9.13 Å². The monoisotopic (exact) mass is 882 g/mol. The number of pyridine rings is 1. The van der Waals surface area contributed by atoms with Gasteiger partial charge in [0.25, 0.3) is 0 Å². The third-order valence-electron chi connectivity index (χ3n) is 13.4. The summed E-state index contributed by atoms with van der Waals surface area (Å²) in [6, 6.07) is 74.3. The summed E-state index contributed by atoms with van der Waals surface area (Å²) in [5.74, 6) is 0.610. The van der Waals surface area contributed by atoms with Crippen LogP contribution in [0.5, 0.6) is 0 Å². The van der Waals surface area contributed by atoms with Crippen LogP contribution in [0.2, 0.25) is 0 Å². The van der Waals surface area contributed by atoms with E-state index in [2.05, 4.69) is 184 Å². The molecule has 0 amide bonds. The van der Waals surface area contributed by atoms with Gasteiger partial charge in [0.2, 0.25) is 5.95 Å². The molecule has 0 unspecified atom stereocenters. The Morgan fingerprint density at radius 2 is 0.826 bits per heavy atom. The van der Waals surface area contributed by atoms with Crippen LogP contribution in [0, 0.1) is 0 Å². The second-order valence-corrected chi connectivity index (χ2v) is 17.4. The summed E-state index contributed by atoms with van der Waals surface area (Å²) >= 11 is 0. The molecule has 14 aromatic rings. The summed E-state index contributed by atoms with van der Waals surface area (Å²) in [5.41, 5.74) is 16.9. The lowest BCUT2D eigenvalue weighted by molar-refractivity contribution is 0.995. The van der Waals surface area contributed by atoms with E-state index in [0.717, 1.165) is 111 Å². The first-order valence-electron chi connectivity index (χ1n) is 23.1. The number of aromatic nitrogens is 8. The van der Waals surface area contributed by atoms with Crippen molar-refractivity contribution >= 4 is 65.5 Å². The van der Waals surface area contributed by atoms with Crippen molar-refractivity contribution in [2.24, 2.45) is 0 Å². The Hall–Kier alpha value is -9.53. The van der Waals surface area contributed by atoms with E-state index < -0.39 is 0 Å². The molecule has 0 spiro atoms. The maximum atomic E-state index is 5.31. The number of hydrogen-bond acceptors (Lipinski definition) is 5. The van der Waals surface area contributed by atoms with Crippen molar-refractivity contribution in [2.45, 2.75) is 0 Å². The van der Waals surface area contributed by atoms with Crippen molar-refractivity contribution in [2.75, 3.05) is 0 Å². The maximum Gasteiger partial charge on any atom is 0.235 e. The fraction of sp³-hybridized carbons (Fsp3) is 0. The van der Waals surface area contributed by atoms with Gasteiger partial charge in [0.05, 0.1) is 73.8 Å². The van der Waals surface area contributed by atoms with E-state index in [1.165, 1.54) is 10.8 Å². The molecule has 0 radical (unpaired) electrons. The molecule has 6 heterocycles. The quantitative estimate of drug-likeness (QED) is 0.159. The molecule has 0 aliphatic rings. The molecule has 0 aliphatic heterocycles. The van der Waals surface area contributed by atoms with Crippen LogP contribution in [0.4, 0.5) is 0 Å². The van der Waals surface area contributed by atoms with Crippen LogP contribution in [-0.2, 0) is 0 Å². The molecule has 0 bridgehead atoms. The van der Waals surface area contributed by atoms with E-state index in [1.807, 2.05) is 61.1 Å². The fourth-order valence-corrected chi connectivity index (χ4v) is 10.3. The molecule has 6 aromatic heterocycles. The van der Waals surface area contributed by atoms with Crippen molar-refractivity contribution in [3.63, 3.8) is 0 Å². The van der Waals surface area contributed by atoms with Gasteiger partial charge in [-0.3, -0.25) is 14.5 Å². The van der Waals surface area contributed by atoms with Crippen LogP contribution in [0.25, 0.3) is 128 Å². The van der Waals surface area contributed by atoms with Gasteiger partial charge in [0, 0.05) is 66.8 Å². The molecule has 0 fully saturated rings. The van der Waals surface area contributed by atoms with Crippen LogP contribution >= 0.6 is 0 Å². The average Bonchev–Trinajstić information content (AvgIpc) is 4.06. The minimum absolute atomic E-state index is 0.610. The third kappa shape index (κ3) is 6.27. The van der Waals surface area contributed by atoms with Crippen molar-refractivity contribution < 1.29 is 0 Å². The molecule has 0 saturated carbocycles. The second kappa shape index (κ2) is 15.5. The SMILES string of the molecule is c1ccc(-c2cc(-c3ccccc3)nc(-n3c4ccccc4c4cc(-c5cncc(-c6ccc7c8ccccc8n(-c8ccc9c(c8)c8ncccc8n9-c8ccccc8)c7c6)n5)ccc43)n2)cc1. The first-order chi connectivity index (χ1) is 34.2. The number of hydrogen-bond donors (Lipinski definition) is 0.